The summed E-state index contributed by atoms with van der Waals surface area (Å²) in [7, 11) is 0. The van der Waals surface area contributed by atoms with Crippen LogP contribution in [-0.4, -0.2) is 15.0 Å². The number of rotatable bonds is 4. The van der Waals surface area contributed by atoms with Crippen molar-refractivity contribution in [2.24, 2.45) is 0 Å². The van der Waals surface area contributed by atoms with E-state index in [1.807, 2.05) is 30.3 Å². The normalized spacial score (nSPS) is 10.3. The van der Waals surface area contributed by atoms with Crippen molar-refractivity contribution in [1.82, 2.24) is 15.0 Å². The molecule has 114 valence electrons. The van der Waals surface area contributed by atoms with Crippen LogP contribution in [0.15, 0.2) is 46.6 Å². The summed E-state index contributed by atoms with van der Waals surface area (Å²) in [4.78, 5) is 14.1. The van der Waals surface area contributed by atoms with Crippen molar-refractivity contribution in [2.75, 3.05) is 11.1 Å². The molecule has 9 heteroatoms. The molecule has 2 heterocycles. The van der Waals surface area contributed by atoms with Gasteiger partial charge in [0.05, 0.1) is 6.20 Å². The van der Waals surface area contributed by atoms with Gasteiger partial charge in [-0.2, -0.15) is 5.26 Å². The SMILES string of the molecule is N#Cc1cnc(Nc2cc(Cl)nc(Sc3ccc(N)cc3)n2)s1. The van der Waals surface area contributed by atoms with Gasteiger partial charge < -0.3 is 11.1 Å². The second kappa shape index (κ2) is 6.83. The zero-order valence-corrected chi connectivity index (χ0v) is 13.9. The van der Waals surface area contributed by atoms with E-state index < -0.39 is 0 Å². The molecule has 23 heavy (non-hydrogen) atoms. The molecule has 0 bridgehead atoms. The number of nitriles is 1. The zero-order chi connectivity index (χ0) is 16.2. The van der Waals surface area contributed by atoms with Gasteiger partial charge in [-0.1, -0.05) is 22.9 Å². The molecule has 0 aliphatic carbocycles. The molecule has 0 saturated heterocycles. The Morgan fingerprint density at radius 3 is 2.74 bits per heavy atom. The number of nitrogen functional groups attached to an aromatic ring is 1. The Morgan fingerprint density at radius 1 is 1.26 bits per heavy atom. The number of thiazole rings is 1. The van der Waals surface area contributed by atoms with Gasteiger partial charge in [-0.05, 0) is 36.0 Å². The third-order valence-corrected chi connectivity index (χ3v) is 4.50. The van der Waals surface area contributed by atoms with Crippen LogP contribution in [0.1, 0.15) is 4.88 Å². The number of halogens is 1. The van der Waals surface area contributed by atoms with Gasteiger partial charge in [-0.3, -0.25) is 0 Å². The fourth-order valence-corrected chi connectivity index (χ4v) is 3.27. The number of nitrogens with two attached hydrogens (primary N) is 1. The first kappa shape index (κ1) is 15.6. The number of aromatic nitrogens is 3. The van der Waals surface area contributed by atoms with Gasteiger partial charge in [0, 0.05) is 16.6 Å². The van der Waals surface area contributed by atoms with Crippen LogP contribution in [0, 0.1) is 11.3 Å². The van der Waals surface area contributed by atoms with E-state index in [0.717, 1.165) is 4.90 Å². The highest BCUT2D eigenvalue weighted by Gasteiger charge is 2.08. The van der Waals surface area contributed by atoms with E-state index in [0.29, 0.717) is 31.8 Å². The second-order valence-electron chi connectivity index (χ2n) is 4.30. The molecule has 0 spiro atoms. The average molecular weight is 361 g/mol. The van der Waals surface area contributed by atoms with Crippen molar-refractivity contribution in [1.29, 1.82) is 5.26 Å². The van der Waals surface area contributed by atoms with E-state index in [2.05, 4.69) is 20.3 Å². The Balaban J connectivity index is 1.81. The number of nitrogens with zero attached hydrogens (tertiary/aromatic N) is 4. The summed E-state index contributed by atoms with van der Waals surface area (Å²) in [5.74, 6) is 0.516. The number of benzene rings is 1. The summed E-state index contributed by atoms with van der Waals surface area (Å²) in [5.41, 5.74) is 6.36. The molecular formula is C14H9ClN6S2. The number of hydrogen-bond donors (Lipinski definition) is 2. The first-order chi connectivity index (χ1) is 11.1. The summed E-state index contributed by atoms with van der Waals surface area (Å²) < 4.78 is 0. The van der Waals surface area contributed by atoms with Crippen LogP contribution in [0.4, 0.5) is 16.6 Å². The van der Waals surface area contributed by atoms with Crippen molar-refractivity contribution in [2.45, 2.75) is 10.1 Å². The van der Waals surface area contributed by atoms with Gasteiger partial charge >= 0.3 is 0 Å². The third-order valence-electron chi connectivity index (χ3n) is 2.61. The Labute approximate surface area is 145 Å². The zero-order valence-electron chi connectivity index (χ0n) is 11.5. The summed E-state index contributed by atoms with van der Waals surface area (Å²) in [6.07, 6.45) is 1.50. The average Bonchev–Trinajstić information content (AvgIpc) is 2.96. The van der Waals surface area contributed by atoms with Crippen molar-refractivity contribution in [3.05, 3.63) is 46.6 Å². The maximum Gasteiger partial charge on any atom is 0.195 e. The van der Waals surface area contributed by atoms with Gasteiger partial charge in [0.15, 0.2) is 10.3 Å². The summed E-state index contributed by atoms with van der Waals surface area (Å²) in [6.45, 7) is 0. The molecule has 0 aliphatic heterocycles. The second-order valence-corrected chi connectivity index (χ2v) is 6.75. The first-order valence-electron chi connectivity index (χ1n) is 6.33. The molecule has 0 saturated carbocycles. The summed E-state index contributed by atoms with van der Waals surface area (Å²) >= 11 is 8.66. The van der Waals surface area contributed by atoms with Crippen LogP contribution < -0.4 is 11.1 Å². The lowest BCUT2D eigenvalue weighted by molar-refractivity contribution is 0.972. The van der Waals surface area contributed by atoms with E-state index in [1.165, 1.54) is 29.3 Å². The molecule has 2 aromatic heterocycles. The largest absolute Gasteiger partial charge is 0.399 e. The highest BCUT2D eigenvalue weighted by molar-refractivity contribution is 7.99. The predicted octanol–water partition coefficient (Wildman–Crippen LogP) is 3.94. The highest BCUT2D eigenvalue weighted by atomic mass is 35.5. The lowest BCUT2D eigenvalue weighted by Gasteiger charge is -2.05. The monoisotopic (exact) mass is 360 g/mol. The smallest absolute Gasteiger partial charge is 0.195 e. The third kappa shape index (κ3) is 4.10. The summed E-state index contributed by atoms with van der Waals surface area (Å²) in [6, 6.07) is 11.0. The lowest BCUT2D eigenvalue weighted by Crippen LogP contribution is -1.96. The summed E-state index contributed by atoms with van der Waals surface area (Å²) in [5, 5.41) is 13.2. The molecule has 6 nitrogen and oxygen atoms in total. The maximum atomic E-state index is 8.82. The van der Waals surface area contributed by atoms with Gasteiger partial charge in [-0.15, -0.1) is 0 Å². The standard InChI is InChI=1S/C14H9ClN6S2/c15-11-5-12(20-13-18-7-10(6-16)23-13)21-14(19-11)22-9-3-1-8(17)2-4-9/h1-5,7H,17H2,(H,18,19,20,21). The number of anilines is 3. The van der Waals surface area contributed by atoms with Crippen molar-refractivity contribution < 1.29 is 0 Å². The van der Waals surface area contributed by atoms with Crippen LogP contribution in [0.2, 0.25) is 5.15 Å². The molecule has 3 N–H and O–H groups in total. The Hall–Kier alpha value is -2.34. The van der Waals surface area contributed by atoms with Crippen LogP contribution in [0.5, 0.6) is 0 Å². The molecule has 0 aliphatic rings. The maximum absolute atomic E-state index is 8.82. The van der Waals surface area contributed by atoms with Crippen LogP contribution in [-0.2, 0) is 0 Å². The predicted molar refractivity (Wildman–Crippen MR) is 92.1 cm³/mol. The minimum atomic E-state index is 0.317. The van der Waals surface area contributed by atoms with Crippen LogP contribution >= 0.6 is 34.7 Å². The van der Waals surface area contributed by atoms with Gasteiger partial charge in [-0.25, -0.2) is 15.0 Å². The Kier molecular flexibility index (Phi) is 4.62. The van der Waals surface area contributed by atoms with Crippen LogP contribution in [0.3, 0.4) is 0 Å². The van der Waals surface area contributed by atoms with Crippen molar-refractivity contribution in [3.63, 3.8) is 0 Å². The molecule has 0 atom stereocenters. The highest BCUT2D eigenvalue weighted by Crippen LogP contribution is 2.29. The fourth-order valence-electron chi connectivity index (χ4n) is 1.64. The van der Waals surface area contributed by atoms with E-state index in [1.54, 1.807) is 6.07 Å². The molecule has 3 rings (SSSR count). The quantitative estimate of drug-likeness (QED) is 0.413. The topological polar surface area (TPSA) is 101 Å². The van der Waals surface area contributed by atoms with E-state index >= 15 is 0 Å². The number of nitrogens with one attached hydrogen (secondary N) is 1. The molecule has 0 amide bonds. The molecule has 1 aromatic carbocycles. The lowest BCUT2D eigenvalue weighted by atomic mass is 10.3. The van der Waals surface area contributed by atoms with Gasteiger partial charge in [0.2, 0.25) is 0 Å². The van der Waals surface area contributed by atoms with E-state index in [9.17, 15) is 0 Å². The molecule has 0 fully saturated rings. The molecule has 0 unspecified atom stereocenters. The van der Waals surface area contributed by atoms with E-state index in [4.69, 9.17) is 22.6 Å². The molecule has 0 radical (unpaired) electrons. The minimum absolute atomic E-state index is 0.317. The number of hydrogen-bond acceptors (Lipinski definition) is 8. The Morgan fingerprint density at radius 2 is 2.04 bits per heavy atom. The Bertz CT molecular complexity index is 872. The van der Waals surface area contributed by atoms with Gasteiger partial charge in [0.1, 0.15) is 21.9 Å². The fraction of sp³-hybridized carbons (Fsp3) is 0. The van der Waals surface area contributed by atoms with Gasteiger partial charge in [0.25, 0.3) is 0 Å². The van der Waals surface area contributed by atoms with Crippen LogP contribution in [0.25, 0.3) is 0 Å². The van der Waals surface area contributed by atoms with E-state index in [-0.39, 0.29) is 0 Å². The first-order valence-corrected chi connectivity index (χ1v) is 8.34. The minimum Gasteiger partial charge on any atom is -0.399 e. The molecular weight excluding hydrogens is 352 g/mol. The van der Waals surface area contributed by atoms with Crippen molar-refractivity contribution >= 4 is 51.3 Å². The van der Waals surface area contributed by atoms with Crippen molar-refractivity contribution in [3.8, 4) is 6.07 Å². The molecule has 3 aromatic rings.